The molecule has 0 aromatic heterocycles. The van der Waals surface area contributed by atoms with Crippen LogP contribution >= 0.6 is 0 Å². The normalized spacial score (nSPS) is 10.1. The lowest BCUT2D eigenvalue weighted by atomic mass is 10.1. The summed E-state index contributed by atoms with van der Waals surface area (Å²) >= 11 is 0. The number of esters is 1. The number of para-hydroxylation sites is 1. The van der Waals surface area contributed by atoms with Gasteiger partial charge in [0.15, 0.2) is 0 Å². The molecule has 4 nitrogen and oxygen atoms in total. The summed E-state index contributed by atoms with van der Waals surface area (Å²) in [7, 11) is 3.32. The molecule has 94 valence electrons. The number of nitrogens with zero attached hydrogens (tertiary/aromatic N) is 1. The van der Waals surface area contributed by atoms with Crippen LogP contribution in [0.15, 0.2) is 24.3 Å². The quantitative estimate of drug-likeness (QED) is 0.560. The van der Waals surface area contributed by atoms with Gasteiger partial charge in [-0.3, -0.25) is 0 Å². The maximum atomic E-state index is 11.6. The molecule has 0 aliphatic rings. The summed E-state index contributed by atoms with van der Waals surface area (Å²) < 4.78 is 10.1. The number of carbonyl (C=O) groups excluding carboxylic acids is 1. The largest absolute Gasteiger partial charge is 0.465 e. The van der Waals surface area contributed by atoms with E-state index in [2.05, 4.69) is 0 Å². The summed E-state index contributed by atoms with van der Waals surface area (Å²) in [5.74, 6) is -0.316. The molecular formula is C13H19NO3. The SMILES string of the molecule is CCOCCN(C)c1ccccc1C(=O)OC. The van der Waals surface area contributed by atoms with Gasteiger partial charge in [-0.2, -0.15) is 0 Å². The fraction of sp³-hybridized carbons (Fsp3) is 0.462. The first-order chi connectivity index (χ1) is 8.20. The maximum absolute atomic E-state index is 11.6. The van der Waals surface area contributed by atoms with E-state index in [1.165, 1.54) is 7.11 Å². The van der Waals surface area contributed by atoms with Gasteiger partial charge in [-0.15, -0.1) is 0 Å². The number of anilines is 1. The third kappa shape index (κ3) is 3.75. The van der Waals surface area contributed by atoms with Crippen LogP contribution in [0.2, 0.25) is 0 Å². The number of hydrogen-bond donors (Lipinski definition) is 0. The molecule has 0 unspecified atom stereocenters. The Kier molecular flexibility index (Phi) is 5.49. The van der Waals surface area contributed by atoms with E-state index in [1.807, 2.05) is 37.1 Å². The molecule has 0 N–H and O–H groups in total. The highest BCUT2D eigenvalue weighted by Crippen LogP contribution is 2.19. The number of carbonyl (C=O) groups is 1. The molecule has 0 atom stereocenters. The van der Waals surface area contributed by atoms with Crippen LogP contribution in [-0.4, -0.2) is 39.9 Å². The highest BCUT2D eigenvalue weighted by molar-refractivity contribution is 5.95. The van der Waals surface area contributed by atoms with Gasteiger partial charge < -0.3 is 14.4 Å². The van der Waals surface area contributed by atoms with Crippen LogP contribution in [0.4, 0.5) is 5.69 Å². The Bertz CT molecular complexity index is 365. The summed E-state index contributed by atoms with van der Waals surface area (Å²) in [5, 5.41) is 0. The van der Waals surface area contributed by atoms with Crippen LogP contribution in [0.5, 0.6) is 0 Å². The van der Waals surface area contributed by atoms with Crippen LogP contribution in [0, 0.1) is 0 Å². The van der Waals surface area contributed by atoms with E-state index < -0.39 is 0 Å². The van der Waals surface area contributed by atoms with Gasteiger partial charge in [-0.25, -0.2) is 4.79 Å². The fourth-order valence-corrected chi connectivity index (χ4v) is 1.56. The number of ether oxygens (including phenoxy) is 2. The van der Waals surface area contributed by atoms with Crippen molar-refractivity contribution in [1.29, 1.82) is 0 Å². The lowest BCUT2D eigenvalue weighted by molar-refractivity contribution is 0.0601. The molecule has 0 amide bonds. The number of hydrogen-bond acceptors (Lipinski definition) is 4. The molecule has 0 fully saturated rings. The molecule has 0 saturated heterocycles. The Balaban J connectivity index is 2.78. The van der Waals surface area contributed by atoms with Crippen LogP contribution in [0.3, 0.4) is 0 Å². The highest BCUT2D eigenvalue weighted by Gasteiger charge is 2.13. The van der Waals surface area contributed by atoms with Crippen LogP contribution in [0.1, 0.15) is 17.3 Å². The van der Waals surface area contributed by atoms with Crippen molar-refractivity contribution in [2.45, 2.75) is 6.92 Å². The van der Waals surface area contributed by atoms with Crippen molar-refractivity contribution in [1.82, 2.24) is 0 Å². The second-order valence-corrected chi connectivity index (χ2v) is 3.63. The minimum Gasteiger partial charge on any atom is -0.465 e. The number of likely N-dealkylation sites (N-methyl/N-ethyl adjacent to an activating group) is 1. The lowest BCUT2D eigenvalue weighted by Gasteiger charge is -2.21. The van der Waals surface area contributed by atoms with Crippen LogP contribution in [0.25, 0.3) is 0 Å². The van der Waals surface area contributed by atoms with Gasteiger partial charge in [0.25, 0.3) is 0 Å². The van der Waals surface area contributed by atoms with Crippen molar-refractivity contribution in [3.8, 4) is 0 Å². The van der Waals surface area contributed by atoms with Crippen molar-refractivity contribution in [3.63, 3.8) is 0 Å². The van der Waals surface area contributed by atoms with Crippen LogP contribution < -0.4 is 4.90 Å². The van der Waals surface area contributed by atoms with Gasteiger partial charge in [-0.1, -0.05) is 12.1 Å². The van der Waals surface area contributed by atoms with E-state index in [-0.39, 0.29) is 5.97 Å². The second-order valence-electron chi connectivity index (χ2n) is 3.63. The number of methoxy groups -OCH3 is 1. The van der Waals surface area contributed by atoms with Crippen molar-refractivity contribution in [2.24, 2.45) is 0 Å². The molecule has 4 heteroatoms. The summed E-state index contributed by atoms with van der Waals surface area (Å²) in [6, 6.07) is 7.39. The van der Waals surface area contributed by atoms with Crippen molar-refractivity contribution in [3.05, 3.63) is 29.8 Å². The summed E-state index contributed by atoms with van der Waals surface area (Å²) in [6.45, 7) is 4.04. The van der Waals surface area contributed by atoms with E-state index >= 15 is 0 Å². The first-order valence-electron chi connectivity index (χ1n) is 5.67. The van der Waals surface area contributed by atoms with Crippen LogP contribution in [-0.2, 0) is 9.47 Å². The van der Waals surface area contributed by atoms with E-state index in [0.29, 0.717) is 18.8 Å². The topological polar surface area (TPSA) is 38.8 Å². The summed E-state index contributed by atoms with van der Waals surface area (Å²) in [6.07, 6.45) is 0. The third-order valence-corrected chi connectivity index (χ3v) is 2.50. The molecule has 0 saturated carbocycles. The Morgan fingerprint density at radius 3 is 2.71 bits per heavy atom. The molecule has 1 rings (SSSR count). The fourth-order valence-electron chi connectivity index (χ4n) is 1.56. The number of benzene rings is 1. The molecule has 0 radical (unpaired) electrons. The molecule has 1 aromatic rings. The van der Waals surface area contributed by atoms with E-state index in [9.17, 15) is 4.79 Å². The Morgan fingerprint density at radius 2 is 2.06 bits per heavy atom. The first kappa shape index (κ1) is 13.5. The monoisotopic (exact) mass is 237 g/mol. The highest BCUT2D eigenvalue weighted by atomic mass is 16.5. The zero-order valence-corrected chi connectivity index (χ0v) is 10.6. The molecule has 0 spiro atoms. The molecule has 0 bridgehead atoms. The van der Waals surface area contributed by atoms with Gasteiger partial charge >= 0.3 is 5.97 Å². The minimum atomic E-state index is -0.316. The first-order valence-corrected chi connectivity index (χ1v) is 5.67. The predicted octanol–water partition coefficient (Wildman–Crippen LogP) is 1.95. The smallest absolute Gasteiger partial charge is 0.339 e. The Hall–Kier alpha value is -1.55. The van der Waals surface area contributed by atoms with Crippen molar-refractivity contribution in [2.75, 3.05) is 38.8 Å². The van der Waals surface area contributed by atoms with Gasteiger partial charge in [0.2, 0.25) is 0 Å². The molecule has 0 aliphatic heterocycles. The summed E-state index contributed by atoms with van der Waals surface area (Å²) in [5.41, 5.74) is 1.44. The second kappa shape index (κ2) is 6.91. The summed E-state index contributed by atoms with van der Waals surface area (Å²) in [4.78, 5) is 13.6. The lowest BCUT2D eigenvalue weighted by Crippen LogP contribution is -2.24. The van der Waals surface area contributed by atoms with Gasteiger partial charge in [0.1, 0.15) is 0 Å². The molecule has 0 heterocycles. The molecule has 17 heavy (non-hydrogen) atoms. The molecule has 0 aliphatic carbocycles. The minimum absolute atomic E-state index is 0.316. The maximum Gasteiger partial charge on any atom is 0.339 e. The standard InChI is InChI=1S/C13H19NO3/c1-4-17-10-9-14(2)12-8-6-5-7-11(12)13(15)16-3/h5-8H,4,9-10H2,1-3H3. The Labute approximate surface area is 102 Å². The number of rotatable bonds is 6. The van der Waals surface area contributed by atoms with E-state index in [0.717, 1.165) is 12.2 Å². The van der Waals surface area contributed by atoms with Gasteiger partial charge in [-0.05, 0) is 19.1 Å². The van der Waals surface area contributed by atoms with Gasteiger partial charge in [0.05, 0.1) is 25.0 Å². The average Bonchev–Trinajstić information content (AvgIpc) is 2.38. The van der Waals surface area contributed by atoms with E-state index in [4.69, 9.17) is 9.47 Å². The Morgan fingerprint density at radius 1 is 1.35 bits per heavy atom. The molecule has 1 aromatic carbocycles. The van der Waals surface area contributed by atoms with E-state index in [1.54, 1.807) is 6.07 Å². The predicted molar refractivity (Wildman–Crippen MR) is 67.5 cm³/mol. The van der Waals surface area contributed by atoms with Crippen molar-refractivity contribution < 1.29 is 14.3 Å². The average molecular weight is 237 g/mol. The zero-order chi connectivity index (χ0) is 12.7. The third-order valence-electron chi connectivity index (χ3n) is 2.50. The molecular weight excluding hydrogens is 218 g/mol. The zero-order valence-electron chi connectivity index (χ0n) is 10.6. The van der Waals surface area contributed by atoms with Crippen molar-refractivity contribution >= 4 is 11.7 Å². The van der Waals surface area contributed by atoms with Gasteiger partial charge in [0, 0.05) is 20.2 Å².